The minimum Gasteiger partial charge on any atom is -0.326 e. The molecular weight excluding hydrogens is 213 g/mol. The van der Waals surface area contributed by atoms with E-state index in [9.17, 15) is 4.39 Å². The van der Waals surface area contributed by atoms with E-state index in [1.54, 1.807) is 6.08 Å². The quantitative estimate of drug-likeness (QED) is 0.623. The minimum absolute atomic E-state index is 0.245. The summed E-state index contributed by atoms with van der Waals surface area (Å²) in [6.07, 6.45) is 8.87. The third-order valence-corrected chi connectivity index (χ3v) is 2.32. The van der Waals surface area contributed by atoms with Crippen LogP contribution in [0.5, 0.6) is 0 Å². The predicted molar refractivity (Wildman–Crippen MR) is 69.8 cm³/mol. The molecule has 1 aromatic carbocycles. The normalized spacial score (nSPS) is 12.4. The van der Waals surface area contributed by atoms with Crippen LogP contribution in [0, 0.1) is 12.3 Å². The summed E-state index contributed by atoms with van der Waals surface area (Å²) in [6, 6.07) is 7.89. The van der Waals surface area contributed by atoms with Crippen molar-refractivity contribution in [2.45, 2.75) is 19.9 Å². The van der Waals surface area contributed by atoms with Gasteiger partial charge in [0.1, 0.15) is 0 Å². The van der Waals surface area contributed by atoms with E-state index in [0.29, 0.717) is 13.0 Å². The highest BCUT2D eigenvalue weighted by Gasteiger charge is 1.98. The van der Waals surface area contributed by atoms with Crippen molar-refractivity contribution in [1.29, 1.82) is 0 Å². The molecule has 17 heavy (non-hydrogen) atoms. The summed E-state index contributed by atoms with van der Waals surface area (Å²) in [5.41, 5.74) is 8.46. The molecule has 0 saturated heterocycles. The Hall–Kier alpha value is -1.85. The largest absolute Gasteiger partial charge is 0.326 e. The van der Waals surface area contributed by atoms with Crippen LogP contribution in [-0.2, 0) is 13.0 Å². The molecule has 0 radical (unpaired) electrons. The van der Waals surface area contributed by atoms with E-state index < -0.39 is 0 Å². The van der Waals surface area contributed by atoms with Gasteiger partial charge in [0.05, 0.1) is 5.83 Å². The number of allylic oxidation sites excluding steroid dienone is 4. The second-order valence-electron chi connectivity index (χ2n) is 3.81. The van der Waals surface area contributed by atoms with E-state index in [-0.39, 0.29) is 5.83 Å². The molecule has 0 atom stereocenters. The first kappa shape index (κ1) is 13.2. The highest BCUT2D eigenvalue weighted by atomic mass is 19.1. The lowest BCUT2D eigenvalue weighted by Gasteiger charge is -2.03. The van der Waals surface area contributed by atoms with Crippen molar-refractivity contribution in [2.75, 3.05) is 0 Å². The second kappa shape index (κ2) is 6.67. The lowest BCUT2D eigenvalue weighted by atomic mass is 10.0. The van der Waals surface area contributed by atoms with Gasteiger partial charge in [-0.2, -0.15) is 0 Å². The fourth-order valence-electron chi connectivity index (χ4n) is 1.54. The second-order valence-corrected chi connectivity index (χ2v) is 3.81. The van der Waals surface area contributed by atoms with E-state index in [1.165, 1.54) is 13.0 Å². The molecule has 1 aromatic rings. The van der Waals surface area contributed by atoms with E-state index >= 15 is 0 Å². The van der Waals surface area contributed by atoms with Gasteiger partial charge >= 0.3 is 0 Å². The van der Waals surface area contributed by atoms with Gasteiger partial charge in [-0.25, -0.2) is 4.39 Å². The Labute approximate surface area is 102 Å². The number of hydrogen-bond acceptors (Lipinski definition) is 1. The molecular formula is C15H16FN. The van der Waals surface area contributed by atoms with Gasteiger partial charge < -0.3 is 5.73 Å². The van der Waals surface area contributed by atoms with Crippen LogP contribution < -0.4 is 5.73 Å². The van der Waals surface area contributed by atoms with Crippen molar-refractivity contribution >= 4 is 0 Å². The maximum absolute atomic E-state index is 12.8. The molecule has 0 heterocycles. The first-order valence-corrected chi connectivity index (χ1v) is 5.42. The predicted octanol–water partition coefficient (Wildman–Crippen LogP) is 3.12. The van der Waals surface area contributed by atoms with Crippen molar-refractivity contribution in [1.82, 2.24) is 0 Å². The Kier molecular flexibility index (Phi) is 5.19. The van der Waals surface area contributed by atoms with Gasteiger partial charge in [0.2, 0.25) is 0 Å². The van der Waals surface area contributed by atoms with Crippen molar-refractivity contribution in [3.8, 4) is 12.3 Å². The number of hydrogen-bond donors (Lipinski definition) is 1. The maximum atomic E-state index is 12.8. The number of terminal acetylenes is 1. The van der Waals surface area contributed by atoms with Gasteiger partial charge in [-0.3, -0.25) is 0 Å². The summed E-state index contributed by atoms with van der Waals surface area (Å²) in [5, 5.41) is 0. The molecule has 0 aliphatic heterocycles. The summed E-state index contributed by atoms with van der Waals surface area (Å²) in [7, 11) is 0. The lowest BCUT2D eigenvalue weighted by molar-refractivity contribution is 0.639. The molecule has 2 heteroatoms. The van der Waals surface area contributed by atoms with E-state index in [2.05, 4.69) is 5.92 Å². The third-order valence-electron chi connectivity index (χ3n) is 2.32. The average molecular weight is 229 g/mol. The van der Waals surface area contributed by atoms with E-state index in [4.69, 9.17) is 12.2 Å². The topological polar surface area (TPSA) is 26.0 Å². The summed E-state index contributed by atoms with van der Waals surface area (Å²) in [5.74, 6) is 2.18. The Morgan fingerprint density at radius 1 is 1.35 bits per heavy atom. The SMILES string of the molecule is C#C/C=C(\C=C(/C)F)Cc1ccc(CN)cc1. The third kappa shape index (κ3) is 4.67. The smallest absolute Gasteiger partial charge is 0.0971 e. The van der Waals surface area contributed by atoms with Crippen molar-refractivity contribution in [3.63, 3.8) is 0 Å². The Morgan fingerprint density at radius 3 is 2.41 bits per heavy atom. The molecule has 88 valence electrons. The van der Waals surface area contributed by atoms with Crippen LogP contribution in [0.2, 0.25) is 0 Å². The molecule has 0 unspecified atom stereocenters. The van der Waals surface area contributed by atoms with Crippen LogP contribution in [0.25, 0.3) is 0 Å². The number of halogens is 1. The van der Waals surface area contributed by atoms with Crippen LogP contribution in [0.4, 0.5) is 4.39 Å². The molecule has 1 rings (SSSR count). The molecule has 0 fully saturated rings. The van der Waals surface area contributed by atoms with Gasteiger partial charge in [0.25, 0.3) is 0 Å². The summed E-state index contributed by atoms with van der Waals surface area (Å²) >= 11 is 0. The molecule has 0 bridgehead atoms. The zero-order chi connectivity index (χ0) is 12.7. The van der Waals surface area contributed by atoms with Crippen molar-refractivity contribution in [2.24, 2.45) is 5.73 Å². The van der Waals surface area contributed by atoms with Gasteiger partial charge in [0.15, 0.2) is 0 Å². The zero-order valence-corrected chi connectivity index (χ0v) is 9.91. The maximum Gasteiger partial charge on any atom is 0.0971 e. The molecule has 0 amide bonds. The van der Waals surface area contributed by atoms with E-state index in [1.807, 2.05) is 24.3 Å². The molecule has 0 spiro atoms. The Balaban J connectivity index is 2.84. The van der Waals surface area contributed by atoms with Gasteiger partial charge in [-0.1, -0.05) is 30.2 Å². The van der Waals surface area contributed by atoms with Gasteiger partial charge in [-0.15, -0.1) is 6.42 Å². The highest BCUT2D eigenvalue weighted by Crippen LogP contribution is 2.12. The first-order chi connectivity index (χ1) is 8.15. The fourth-order valence-corrected chi connectivity index (χ4v) is 1.54. The number of nitrogens with two attached hydrogens (primary N) is 1. The lowest BCUT2D eigenvalue weighted by Crippen LogP contribution is -1.96. The summed E-state index contributed by atoms with van der Waals surface area (Å²) < 4.78 is 12.8. The highest BCUT2D eigenvalue weighted by molar-refractivity contribution is 5.34. The Bertz CT molecular complexity index is 457. The van der Waals surface area contributed by atoms with E-state index in [0.717, 1.165) is 16.7 Å². The monoisotopic (exact) mass is 229 g/mol. The summed E-state index contributed by atoms with van der Waals surface area (Å²) in [6.45, 7) is 1.93. The number of rotatable bonds is 4. The fraction of sp³-hybridized carbons (Fsp3) is 0.200. The molecule has 0 saturated carbocycles. The first-order valence-electron chi connectivity index (χ1n) is 5.42. The molecule has 0 aliphatic carbocycles. The summed E-state index contributed by atoms with van der Waals surface area (Å²) in [4.78, 5) is 0. The van der Waals surface area contributed by atoms with Crippen LogP contribution in [0.1, 0.15) is 18.1 Å². The Morgan fingerprint density at radius 2 is 1.94 bits per heavy atom. The molecule has 2 N–H and O–H groups in total. The zero-order valence-electron chi connectivity index (χ0n) is 9.91. The van der Waals surface area contributed by atoms with Crippen LogP contribution in [0.3, 0.4) is 0 Å². The van der Waals surface area contributed by atoms with Crippen LogP contribution in [-0.4, -0.2) is 0 Å². The van der Waals surface area contributed by atoms with Crippen LogP contribution in [0.15, 0.2) is 47.8 Å². The standard InChI is InChI=1S/C15H16FN/c1-3-4-15(9-12(2)16)10-13-5-7-14(11-17)8-6-13/h1,4-9H,10-11,17H2,2H3/b12-9+,15-4+. The van der Waals surface area contributed by atoms with Gasteiger partial charge in [0, 0.05) is 6.54 Å². The van der Waals surface area contributed by atoms with Gasteiger partial charge in [-0.05, 0) is 42.2 Å². The number of benzene rings is 1. The van der Waals surface area contributed by atoms with Crippen molar-refractivity contribution < 1.29 is 4.39 Å². The molecule has 0 aliphatic rings. The molecule has 1 nitrogen and oxygen atoms in total. The van der Waals surface area contributed by atoms with Crippen molar-refractivity contribution in [3.05, 3.63) is 58.9 Å². The average Bonchev–Trinajstić information content (AvgIpc) is 2.29. The minimum atomic E-state index is -0.245. The van der Waals surface area contributed by atoms with Crippen LogP contribution >= 0.6 is 0 Å². The molecule has 0 aromatic heterocycles.